The van der Waals surface area contributed by atoms with Crippen LogP contribution < -0.4 is 0 Å². The van der Waals surface area contributed by atoms with Crippen LogP contribution in [-0.4, -0.2) is 39.4 Å². The zero-order valence-corrected chi connectivity index (χ0v) is 17.0. The van der Waals surface area contributed by atoms with Gasteiger partial charge >= 0.3 is 0 Å². The van der Waals surface area contributed by atoms with Crippen LogP contribution in [0, 0.1) is 11.6 Å². The highest BCUT2D eigenvalue weighted by Gasteiger charge is 2.28. The van der Waals surface area contributed by atoms with Gasteiger partial charge in [-0.2, -0.15) is 9.47 Å². The molecule has 3 heterocycles. The van der Waals surface area contributed by atoms with Gasteiger partial charge in [0.2, 0.25) is 0 Å². The van der Waals surface area contributed by atoms with Crippen molar-refractivity contribution in [3.8, 4) is 0 Å². The number of nitrogens with zero attached hydrogens (tertiary/aromatic N) is 4. The zero-order chi connectivity index (χ0) is 20.4. The molecule has 1 fully saturated rings. The molecule has 1 N–H and O–H groups in total. The minimum atomic E-state index is -4.07. The van der Waals surface area contributed by atoms with E-state index in [1.54, 1.807) is 6.20 Å². The summed E-state index contributed by atoms with van der Waals surface area (Å²) in [5, 5.41) is 6.99. The van der Waals surface area contributed by atoms with E-state index >= 15 is 0 Å². The molecule has 11 heteroatoms. The number of hydrogen-bond acceptors (Lipinski definition) is 7. The summed E-state index contributed by atoms with van der Waals surface area (Å²) < 4.78 is 58.1. The normalized spacial score (nSPS) is 18.2. The highest BCUT2D eigenvalue weighted by Crippen LogP contribution is 2.33. The highest BCUT2D eigenvalue weighted by molar-refractivity contribution is 7.90. The SMILES string of the molecule is O=S(=O)(Cc1ncns1)c1cc(F)c(CN2CCCC[C@H]2c2cn[nH]c2)cc1F. The molecule has 1 saturated heterocycles. The second-order valence-electron chi connectivity index (χ2n) is 6.98. The van der Waals surface area contributed by atoms with Gasteiger partial charge in [0.1, 0.15) is 33.6 Å². The highest BCUT2D eigenvalue weighted by atomic mass is 32.2. The molecule has 29 heavy (non-hydrogen) atoms. The molecule has 0 radical (unpaired) electrons. The van der Waals surface area contributed by atoms with Crippen LogP contribution in [0.5, 0.6) is 0 Å². The fourth-order valence-corrected chi connectivity index (χ4v) is 5.83. The smallest absolute Gasteiger partial charge is 0.187 e. The summed E-state index contributed by atoms with van der Waals surface area (Å²) >= 11 is 0.909. The van der Waals surface area contributed by atoms with E-state index in [1.807, 2.05) is 6.20 Å². The molecule has 4 rings (SSSR count). The van der Waals surface area contributed by atoms with Gasteiger partial charge in [-0.15, -0.1) is 0 Å². The van der Waals surface area contributed by atoms with E-state index in [-0.39, 0.29) is 23.2 Å². The van der Waals surface area contributed by atoms with Crippen LogP contribution >= 0.6 is 11.5 Å². The van der Waals surface area contributed by atoms with Gasteiger partial charge in [0.15, 0.2) is 9.84 Å². The summed E-state index contributed by atoms with van der Waals surface area (Å²) in [6.07, 6.45) is 7.69. The van der Waals surface area contributed by atoms with E-state index < -0.39 is 32.1 Å². The van der Waals surface area contributed by atoms with Crippen molar-refractivity contribution in [3.05, 3.63) is 58.6 Å². The van der Waals surface area contributed by atoms with Crippen molar-refractivity contribution in [3.63, 3.8) is 0 Å². The van der Waals surface area contributed by atoms with Gasteiger partial charge in [-0.25, -0.2) is 22.2 Å². The van der Waals surface area contributed by atoms with Gasteiger partial charge in [0.25, 0.3) is 0 Å². The topological polar surface area (TPSA) is 91.8 Å². The molecule has 0 unspecified atom stereocenters. The van der Waals surface area contributed by atoms with E-state index in [2.05, 4.69) is 24.5 Å². The van der Waals surface area contributed by atoms with Crippen LogP contribution in [0.3, 0.4) is 0 Å². The number of halogens is 2. The first-order valence-corrected chi connectivity index (χ1v) is 11.6. The van der Waals surface area contributed by atoms with Gasteiger partial charge in [-0.3, -0.25) is 10.00 Å². The fraction of sp³-hybridized carbons (Fsp3) is 0.389. The number of piperidine rings is 1. The van der Waals surface area contributed by atoms with Gasteiger partial charge < -0.3 is 0 Å². The largest absolute Gasteiger partial charge is 0.292 e. The Balaban J connectivity index is 1.58. The van der Waals surface area contributed by atoms with Crippen LogP contribution in [-0.2, 0) is 22.1 Å². The van der Waals surface area contributed by atoms with Crippen molar-refractivity contribution in [1.29, 1.82) is 0 Å². The number of aromatic amines is 1. The van der Waals surface area contributed by atoms with Crippen molar-refractivity contribution >= 4 is 21.4 Å². The number of rotatable bonds is 6. The third-order valence-electron chi connectivity index (χ3n) is 5.05. The monoisotopic (exact) mass is 439 g/mol. The third-order valence-corrected chi connectivity index (χ3v) is 7.53. The Morgan fingerprint density at radius 3 is 2.83 bits per heavy atom. The lowest BCUT2D eigenvalue weighted by molar-refractivity contribution is 0.138. The molecule has 0 bridgehead atoms. The number of aromatic nitrogens is 4. The van der Waals surface area contributed by atoms with E-state index in [9.17, 15) is 17.2 Å². The van der Waals surface area contributed by atoms with Crippen molar-refractivity contribution in [2.45, 2.75) is 42.5 Å². The van der Waals surface area contributed by atoms with E-state index in [4.69, 9.17) is 0 Å². The lowest BCUT2D eigenvalue weighted by Gasteiger charge is -2.35. The van der Waals surface area contributed by atoms with Crippen LogP contribution in [0.25, 0.3) is 0 Å². The molecule has 0 aliphatic carbocycles. The average Bonchev–Trinajstić information content (AvgIpc) is 3.38. The lowest BCUT2D eigenvalue weighted by atomic mass is 9.97. The standard InChI is InChI=1S/C18H19F2N5O2S2/c19-14-6-17(29(26,27)10-18-21-11-24-28-18)15(20)5-12(14)9-25-4-2-1-3-16(25)13-7-22-23-8-13/h5-8,11,16H,1-4,9-10H2,(H,22,23)/t16-/m0/s1. The maximum atomic E-state index is 14.8. The number of sulfone groups is 1. The number of hydrogen-bond donors (Lipinski definition) is 1. The molecule has 0 amide bonds. The quantitative estimate of drug-likeness (QED) is 0.634. The zero-order valence-electron chi connectivity index (χ0n) is 15.4. The van der Waals surface area contributed by atoms with Crippen molar-refractivity contribution in [2.24, 2.45) is 0 Å². The number of H-pyrrole nitrogens is 1. The van der Waals surface area contributed by atoms with Crippen molar-refractivity contribution in [1.82, 2.24) is 24.5 Å². The first-order valence-electron chi connectivity index (χ1n) is 9.13. The van der Waals surface area contributed by atoms with E-state index in [0.29, 0.717) is 0 Å². The number of nitrogens with one attached hydrogen (secondary N) is 1. The van der Waals surface area contributed by atoms with Gasteiger partial charge in [-0.05, 0) is 43.1 Å². The summed E-state index contributed by atoms with van der Waals surface area (Å²) in [6.45, 7) is 0.934. The maximum Gasteiger partial charge on any atom is 0.187 e. The molecule has 0 spiro atoms. The predicted molar refractivity (Wildman–Crippen MR) is 103 cm³/mol. The van der Waals surface area contributed by atoms with Crippen molar-refractivity contribution in [2.75, 3.05) is 6.54 Å². The first-order chi connectivity index (χ1) is 13.9. The predicted octanol–water partition coefficient (Wildman–Crippen LogP) is 3.24. The summed E-state index contributed by atoms with van der Waals surface area (Å²) in [7, 11) is -4.07. The summed E-state index contributed by atoms with van der Waals surface area (Å²) in [6, 6.07) is 1.83. The second-order valence-corrected chi connectivity index (χ2v) is 9.80. The summed E-state index contributed by atoms with van der Waals surface area (Å²) in [5.74, 6) is -2.20. The molecule has 2 aromatic heterocycles. The Morgan fingerprint density at radius 1 is 1.24 bits per heavy atom. The van der Waals surface area contributed by atoms with Gasteiger partial charge in [-0.1, -0.05) is 6.42 Å². The Kier molecular flexibility index (Phi) is 5.70. The Morgan fingerprint density at radius 2 is 2.10 bits per heavy atom. The molecule has 0 saturated carbocycles. The first kappa shape index (κ1) is 20.0. The average molecular weight is 440 g/mol. The Labute approximate surface area is 170 Å². The number of likely N-dealkylation sites (tertiary alicyclic amines) is 1. The molecular formula is C18H19F2N5O2S2. The number of benzene rings is 1. The molecule has 154 valence electrons. The minimum absolute atomic E-state index is 0.0609. The summed E-state index contributed by atoms with van der Waals surface area (Å²) in [4.78, 5) is 5.22. The van der Waals surface area contributed by atoms with Gasteiger partial charge in [0, 0.05) is 29.9 Å². The van der Waals surface area contributed by atoms with Gasteiger partial charge in [0.05, 0.1) is 6.20 Å². The fourth-order valence-electron chi connectivity index (χ4n) is 3.65. The van der Waals surface area contributed by atoms with Crippen LogP contribution in [0.2, 0.25) is 0 Å². The molecule has 1 aromatic carbocycles. The molecule has 1 aliphatic heterocycles. The second kappa shape index (κ2) is 8.25. The van der Waals surface area contributed by atoms with Crippen LogP contribution in [0.4, 0.5) is 8.78 Å². The van der Waals surface area contributed by atoms with Crippen LogP contribution in [0.1, 0.15) is 41.4 Å². The molecule has 7 nitrogen and oxygen atoms in total. The maximum absolute atomic E-state index is 14.8. The van der Waals surface area contributed by atoms with E-state index in [0.717, 1.165) is 55.0 Å². The molecular weight excluding hydrogens is 420 g/mol. The Bertz CT molecular complexity index is 1070. The van der Waals surface area contributed by atoms with E-state index in [1.165, 1.54) is 6.33 Å². The molecule has 1 atom stereocenters. The summed E-state index contributed by atoms with van der Waals surface area (Å²) in [5.41, 5.74) is 1.13. The van der Waals surface area contributed by atoms with Crippen molar-refractivity contribution < 1.29 is 17.2 Å². The lowest BCUT2D eigenvalue weighted by Crippen LogP contribution is -2.33. The molecule has 1 aliphatic rings. The Hall–Kier alpha value is -2.24. The molecule has 3 aromatic rings. The minimum Gasteiger partial charge on any atom is -0.292 e. The third kappa shape index (κ3) is 4.36. The van der Waals surface area contributed by atoms with Crippen LogP contribution in [0.15, 0.2) is 35.7 Å².